The second kappa shape index (κ2) is 5.83. The average Bonchev–Trinajstić information content (AvgIpc) is 2.72. The molecule has 2 rings (SSSR count). The van der Waals surface area contributed by atoms with Crippen LogP contribution in [0, 0.1) is 0 Å². The molecule has 0 aliphatic rings. The molecule has 0 fully saturated rings. The molecule has 0 saturated heterocycles. The van der Waals surface area contributed by atoms with Crippen LogP contribution in [0.3, 0.4) is 0 Å². The first-order valence-corrected chi connectivity index (χ1v) is 10.0. The fraction of sp³-hybridized carbons (Fsp3) is 0.417. The largest absolute Gasteiger partial charge is 0.326 e. The van der Waals surface area contributed by atoms with Crippen LogP contribution in [-0.2, 0) is 33.1 Å². The molecule has 1 aromatic heterocycles. The summed E-state index contributed by atoms with van der Waals surface area (Å²) in [7, 11) is -4.29. The molecule has 1 atom stereocenters. The predicted octanol–water partition coefficient (Wildman–Crippen LogP) is 1.56. The maximum absolute atomic E-state index is 11.8. The van der Waals surface area contributed by atoms with Crippen molar-refractivity contribution in [1.82, 2.24) is 9.55 Å². The monoisotopic (exact) mass is 334 g/mol. The zero-order valence-electron chi connectivity index (χ0n) is 11.2. The van der Waals surface area contributed by atoms with Crippen LogP contribution in [0.1, 0.15) is 5.82 Å². The number of rotatable bonds is 5. The van der Waals surface area contributed by atoms with Gasteiger partial charge in [0.05, 0.1) is 16.3 Å². The van der Waals surface area contributed by atoms with E-state index in [9.17, 15) is 12.6 Å². The van der Waals surface area contributed by atoms with Crippen molar-refractivity contribution in [2.45, 2.75) is 17.3 Å². The molecule has 0 aliphatic heterocycles. The van der Waals surface area contributed by atoms with Crippen molar-refractivity contribution in [2.75, 3.05) is 18.3 Å². The minimum absolute atomic E-state index is 0.175. The molecule has 110 valence electrons. The van der Waals surface area contributed by atoms with Crippen LogP contribution in [0.15, 0.2) is 23.1 Å². The number of imidazole rings is 1. The van der Waals surface area contributed by atoms with Crippen LogP contribution in [0.2, 0.25) is 0 Å². The van der Waals surface area contributed by atoms with Gasteiger partial charge < -0.3 is 4.57 Å². The maximum atomic E-state index is 11.8. The number of para-hydroxylation sites is 1. The van der Waals surface area contributed by atoms with Gasteiger partial charge in [-0.1, -0.05) is 6.07 Å². The van der Waals surface area contributed by atoms with Crippen LogP contribution in [0.5, 0.6) is 0 Å². The molecule has 0 radical (unpaired) electrons. The molecule has 0 aliphatic carbocycles. The summed E-state index contributed by atoms with van der Waals surface area (Å²) in [4.78, 5) is 4.52. The Morgan fingerprint density at radius 1 is 1.40 bits per heavy atom. The van der Waals surface area contributed by atoms with Crippen molar-refractivity contribution in [3.63, 3.8) is 0 Å². The van der Waals surface area contributed by atoms with Gasteiger partial charge in [0.15, 0.2) is 9.84 Å². The third kappa shape index (κ3) is 3.05. The molecule has 0 bridgehead atoms. The number of hydrogen-bond acceptors (Lipinski definition) is 4. The highest BCUT2D eigenvalue weighted by Crippen LogP contribution is 2.24. The first kappa shape index (κ1) is 15.5. The van der Waals surface area contributed by atoms with E-state index < -0.39 is 20.6 Å². The summed E-state index contributed by atoms with van der Waals surface area (Å²) < 4.78 is 36.7. The van der Waals surface area contributed by atoms with E-state index in [1.807, 2.05) is 4.57 Å². The van der Waals surface area contributed by atoms with E-state index in [2.05, 4.69) is 4.98 Å². The van der Waals surface area contributed by atoms with Gasteiger partial charge in [-0.05, 0) is 12.1 Å². The Hall–Kier alpha value is -0.920. The van der Waals surface area contributed by atoms with Gasteiger partial charge in [0, 0.05) is 35.6 Å². The van der Waals surface area contributed by atoms with Crippen molar-refractivity contribution in [1.29, 1.82) is 0 Å². The lowest BCUT2D eigenvalue weighted by Crippen LogP contribution is -2.09. The minimum Gasteiger partial charge on any atom is -0.326 e. The molecule has 0 spiro atoms. The van der Waals surface area contributed by atoms with Gasteiger partial charge in [-0.2, -0.15) is 0 Å². The van der Waals surface area contributed by atoms with Gasteiger partial charge in [-0.15, -0.1) is 11.6 Å². The highest BCUT2D eigenvalue weighted by molar-refractivity contribution is 7.91. The first-order valence-electron chi connectivity index (χ1n) is 5.88. The lowest BCUT2D eigenvalue weighted by molar-refractivity contribution is 0.602. The number of aromatic nitrogens is 2. The normalized spacial score (nSPS) is 13.8. The van der Waals surface area contributed by atoms with E-state index in [1.165, 1.54) is 6.07 Å². The maximum Gasteiger partial charge on any atom is 0.177 e. The second-order valence-electron chi connectivity index (χ2n) is 4.49. The standard InChI is InChI=1S/C12H15ClN2O3S2/c1-19(16)7-6-15-9-4-3-5-10(20(2,17)18)12(9)14-11(15)8-13/h3-5H,6-8H2,1-2H3. The van der Waals surface area contributed by atoms with E-state index in [-0.39, 0.29) is 10.8 Å². The Morgan fingerprint density at radius 2 is 2.10 bits per heavy atom. The van der Waals surface area contributed by atoms with Crippen molar-refractivity contribution in [3.8, 4) is 0 Å². The van der Waals surface area contributed by atoms with E-state index in [0.29, 0.717) is 29.2 Å². The molecule has 2 aromatic rings. The summed E-state index contributed by atoms with van der Waals surface area (Å²) in [6.45, 7) is 0.495. The van der Waals surface area contributed by atoms with Gasteiger partial charge in [0.2, 0.25) is 0 Å². The van der Waals surface area contributed by atoms with E-state index in [0.717, 1.165) is 6.26 Å². The summed E-state index contributed by atoms with van der Waals surface area (Å²) >= 11 is 5.88. The minimum atomic E-state index is -3.35. The van der Waals surface area contributed by atoms with Crippen LogP contribution in [0.25, 0.3) is 11.0 Å². The fourth-order valence-electron chi connectivity index (χ4n) is 2.04. The van der Waals surface area contributed by atoms with Crippen molar-refractivity contribution < 1.29 is 12.6 Å². The number of aryl methyl sites for hydroxylation is 1. The summed E-state index contributed by atoms with van der Waals surface area (Å²) in [5, 5.41) is 0. The van der Waals surface area contributed by atoms with Gasteiger partial charge in [0.1, 0.15) is 11.3 Å². The topological polar surface area (TPSA) is 69.0 Å². The van der Waals surface area contributed by atoms with Gasteiger partial charge in [-0.3, -0.25) is 4.21 Å². The Balaban J connectivity index is 2.66. The Labute approximate surface area is 125 Å². The molecule has 1 aromatic carbocycles. The Bertz CT molecular complexity index is 768. The molecule has 20 heavy (non-hydrogen) atoms. The van der Waals surface area contributed by atoms with Crippen molar-refractivity contribution >= 4 is 43.3 Å². The molecule has 8 heteroatoms. The number of benzene rings is 1. The molecule has 0 amide bonds. The lowest BCUT2D eigenvalue weighted by Gasteiger charge is -2.06. The van der Waals surface area contributed by atoms with Crippen molar-refractivity contribution in [2.24, 2.45) is 0 Å². The molecule has 0 N–H and O–H groups in total. The van der Waals surface area contributed by atoms with E-state index >= 15 is 0 Å². The molecule has 5 nitrogen and oxygen atoms in total. The molecule has 1 unspecified atom stereocenters. The highest BCUT2D eigenvalue weighted by Gasteiger charge is 2.18. The summed E-state index contributed by atoms with van der Waals surface area (Å²) in [5.41, 5.74) is 1.13. The van der Waals surface area contributed by atoms with E-state index in [4.69, 9.17) is 11.6 Å². The average molecular weight is 335 g/mol. The number of fused-ring (bicyclic) bond motifs is 1. The third-order valence-corrected chi connectivity index (χ3v) is 5.07. The van der Waals surface area contributed by atoms with E-state index in [1.54, 1.807) is 18.4 Å². The molecular formula is C12H15ClN2O3S2. The van der Waals surface area contributed by atoms with Gasteiger partial charge in [-0.25, -0.2) is 13.4 Å². The number of hydrogen-bond donors (Lipinski definition) is 0. The summed E-state index contributed by atoms with van der Waals surface area (Å²) in [5.74, 6) is 1.23. The van der Waals surface area contributed by atoms with Crippen LogP contribution < -0.4 is 0 Å². The van der Waals surface area contributed by atoms with Crippen molar-refractivity contribution in [3.05, 3.63) is 24.0 Å². The number of nitrogens with zero attached hydrogens (tertiary/aromatic N) is 2. The number of halogens is 1. The highest BCUT2D eigenvalue weighted by atomic mass is 35.5. The molecular weight excluding hydrogens is 320 g/mol. The van der Waals surface area contributed by atoms with Crippen LogP contribution in [0.4, 0.5) is 0 Å². The number of alkyl halides is 1. The zero-order chi connectivity index (χ0) is 14.9. The zero-order valence-corrected chi connectivity index (χ0v) is 13.6. The summed E-state index contributed by atoms with van der Waals surface area (Å²) in [6.07, 6.45) is 2.78. The number of sulfone groups is 1. The third-order valence-electron chi connectivity index (χ3n) is 2.94. The first-order chi connectivity index (χ1) is 9.34. The molecule has 0 saturated carbocycles. The quantitative estimate of drug-likeness (QED) is 0.778. The van der Waals surface area contributed by atoms with Gasteiger partial charge in [0.25, 0.3) is 0 Å². The predicted molar refractivity (Wildman–Crippen MR) is 81.3 cm³/mol. The van der Waals surface area contributed by atoms with Gasteiger partial charge >= 0.3 is 0 Å². The molecule has 1 heterocycles. The SMILES string of the molecule is CS(=O)CCn1c(CCl)nc2c(S(C)(=O)=O)cccc21. The second-order valence-corrected chi connectivity index (χ2v) is 8.29. The fourth-order valence-corrected chi connectivity index (χ4v) is 3.51. The Kier molecular flexibility index (Phi) is 4.51. The Morgan fingerprint density at radius 3 is 2.65 bits per heavy atom. The van der Waals surface area contributed by atoms with Crippen LogP contribution in [-0.4, -0.2) is 40.4 Å². The smallest absolute Gasteiger partial charge is 0.177 e. The van der Waals surface area contributed by atoms with Crippen LogP contribution >= 0.6 is 11.6 Å². The lowest BCUT2D eigenvalue weighted by atomic mass is 10.3. The summed E-state index contributed by atoms with van der Waals surface area (Å²) in [6, 6.07) is 5.01.